The molecular weight excluding hydrogens is 258 g/mol. The molecule has 0 fully saturated rings. The van der Waals surface area contributed by atoms with Gasteiger partial charge in [-0.1, -0.05) is 19.1 Å². The minimum atomic E-state index is -0.525. The van der Waals surface area contributed by atoms with Gasteiger partial charge < -0.3 is 9.52 Å². The molecule has 20 heavy (non-hydrogen) atoms. The summed E-state index contributed by atoms with van der Waals surface area (Å²) in [7, 11) is 0. The van der Waals surface area contributed by atoms with Gasteiger partial charge in [-0.05, 0) is 24.1 Å². The van der Waals surface area contributed by atoms with Crippen LogP contribution in [0.2, 0.25) is 0 Å². The van der Waals surface area contributed by atoms with Crippen molar-refractivity contribution in [2.45, 2.75) is 19.8 Å². The molecule has 0 aliphatic rings. The highest BCUT2D eigenvalue weighted by molar-refractivity contribution is 5.79. The Morgan fingerprint density at radius 2 is 2.10 bits per heavy atom. The fourth-order valence-electron chi connectivity index (χ4n) is 1.91. The van der Waals surface area contributed by atoms with Crippen LogP contribution in [0.25, 0.3) is 16.7 Å². The Hall–Kier alpha value is -2.63. The van der Waals surface area contributed by atoms with Crippen molar-refractivity contribution in [2.75, 3.05) is 0 Å². The van der Waals surface area contributed by atoms with E-state index in [4.69, 9.17) is 4.42 Å². The fraction of sp³-hybridized carbons (Fsp3) is 0.214. The Labute approximate surface area is 114 Å². The van der Waals surface area contributed by atoms with Crippen LogP contribution < -0.4 is 5.63 Å². The van der Waals surface area contributed by atoms with Crippen molar-refractivity contribution >= 4 is 11.0 Å². The Morgan fingerprint density at radius 1 is 1.30 bits per heavy atom. The third kappa shape index (κ3) is 2.05. The first-order valence-electron chi connectivity index (χ1n) is 6.24. The fourth-order valence-corrected chi connectivity index (χ4v) is 1.91. The van der Waals surface area contributed by atoms with Gasteiger partial charge in [0.1, 0.15) is 11.3 Å². The third-order valence-electron chi connectivity index (χ3n) is 3.05. The average Bonchev–Trinajstić information content (AvgIpc) is 2.87. The van der Waals surface area contributed by atoms with Crippen LogP contribution in [0.1, 0.15) is 25.5 Å². The molecule has 0 bridgehead atoms. The maximum Gasteiger partial charge on any atom is 0.362 e. The predicted octanol–water partition coefficient (Wildman–Crippen LogP) is 2.20. The molecule has 102 valence electrons. The first-order chi connectivity index (χ1) is 9.54. The number of phenols is 1. The highest BCUT2D eigenvalue weighted by atomic mass is 16.4. The van der Waals surface area contributed by atoms with Crippen LogP contribution in [-0.2, 0) is 0 Å². The molecule has 0 aliphatic heterocycles. The van der Waals surface area contributed by atoms with Crippen LogP contribution in [0.5, 0.6) is 5.75 Å². The van der Waals surface area contributed by atoms with Gasteiger partial charge in [0.25, 0.3) is 0 Å². The molecule has 6 heteroatoms. The van der Waals surface area contributed by atoms with Gasteiger partial charge in [0.15, 0.2) is 5.69 Å². The first kappa shape index (κ1) is 12.4. The van der Waals surface area contributed by atoms with Gasteiger partial charge in [0.2, 0.25) is 0 Å². The molecule has 0 saturated carbocycles. The zero-order valence-electron chi connectivity index (χ0n) is 11.1. The highest BCUT2D eigenvalue weighted by Gasteiger charge is 2.11. The average molecular weight is 271 g/mol. The lowest BCUT2D eigenvalue weighted by atomic mass is 10.1. The summed E-state index contributed by atoms with van der Waals surface area (Å²) >= 11 is 0. The lowest BCUT2D eigenvalue weighted by Crippen LogP contribution is -2.10. The summed E-state index contributed by atoms with van der Waals surface area (Å²) in [5.41, 5.74) is 0.907. The van der Waals surface area contributed by atoms with Crippen LogP contribution in [0.4, 0.5) is 0 Å². The summed E-state index contributed by atoms with van der Waals surface area (Å²) < 4.78 is 6.60. The Bertz CT molecular complexity index is 833. The molecule has 1 N–H and O–H groups in total. The number of hydrogen-bond donors (Lipinski definition) is 1. The zero-order chi connectivity index (χ0) is 14.3. The predicted molar refractivity (Wildman–Crippen MR) is 73.2 cm³/mol. The van der Waals surface area contributed by atoms with Crippen molar-refractivity contribution in [3.8, 4) is 11.4 Å². The molecule has 0 spiro atoms. The van der Waals surface area contributed by atoms with Crippen molar-refractivity contribution in [1.82, 2.24) is 15.0 Å². The number of nitrogens with zero attached hydrogens (tertiary/aromatic N) is 3. The van der Waals surface area contributed by atoms with E-state index in [-0.39, 0.29) is 11.7 Å². The van der Waals surface area contributed by atoms with Crippen LogP contribution >= 0.6 is 0 Å². The molecule has 6 nitrogen and oxygen atoms in total. The molecule has 0 radical (unpaired) electrons. The second-order valence-corrected chi connectivity index (χ2v) is 4.88. The van der Waals surface area contributed by atoms with E-state index in [1.807, 2.05) is 13.8 Å². The summed E-state index contributed by atoms with van der Waals surface area (Å²) in [6.07, 6.45) is 1.71. The van der Waals surface area contributed by atoms with Gasteiger partial charge in [-0.3, -0.25) is 0 Å². The molecule has 3 aromatic rings. The molecule has 2 heterocycles. The Kier molecular flexibility index (Phi) is 2.78. The SMILES string of the molecule is CC(C)c1cn(-c2cc3ccc(O)cc3oc2=O)nn1. The van der Waals surface area contributed by atoms with E-state index < -0.39 is 5.63 Å². The van der Waals surface area contributed by atoms with Gasteiger partial charge in [0.05, 0.1) is 11.9 Å². The number of benzene rings is 1. The van der Waals surface area contributed by atoms with Gasteiger partial charge in [0, 0.05) is 11.5 Å². The van der Waals surface area contributed by atoms with E-state index in [1.54, 1.807) is 18.3 Å². The van der Waals surface area contributed by atoms with E-state index in [0.717, 1.165) is 5.69 Å². The quantitative estimate of drug-likeness (QED) is 0.723. The van der Waals surface area contributed by atoms with Crippen LogP contribution in [0.15, 0.2) is 39.7 Å². The van der Waals surface area contributed by atoms with E-state index in [0.29, 0.717) is 16.7 Å². The van der Waals surface area contributed by atoms with E-state index >= 15 is 0 Å². The van der Waals surface area contributed by atoms with Gasteiger partial charge in [-0.15, -0.1) is 5.10 Å². The monoisotopic (exact) mass is 271 g/mol. The number of aromatic nitrogens is 3. The van der Waals surface area contributed by atoms with Crippen molar-refractivity contribution in [3.05, 3.63) is 46.6 Å². The van der Waals surface area contributed by atoms with Gasteiger partial charge in [-0.2, -0.15) is 0 Å². The second-order valence-electron chi connectivity index (χ2n) is 4.88. The molecule has 0 unspecified atom stereocenters. The van der Waals surface area contributed by atoms with Gasteiger partial charge in [-0.25, -0.2) is 9.48 Å². The van der Waals surface area contributed by atoms with Crippen LogP contribution in [-0.4, -0.2) is 20.1 Å². The molecular formula is C14H13N3O3. The van der Waals surface area contributed by atoms with Crippen molar-refractivity contribution in [1.29, 1.82) is 0 Å². The lowest BCUT2D eigenvalue weighted by molar-refractivity contribution is 0.473. The summed E-state index contributed by atoms with van der Waals surface area (Å²) in [5.74, 6) is 0.282. The number of aromatic hydroxyl groups is 1. The molecule has 0 aliphatic carbocycles. The summed E-state index contributed by atoms with van der Waals surface area (Å²) in [6.45, 7) is 4.00. The molecule has 0 saturated heterocycles. The minimum absolute atomic E-state index is 0.0521. The van der Waals surface area contributed by atoms with Gasteiger partial charge >= 0.3 is 5.63 Å². The normalized spacial score (nSPS) is 11.3. The maximum absolute atomic E-state index is 12.0. The van der Waals surface area contributed by atoms with Crippen LogP contribution in [0.3, 0.4) is 0 Å². The largest absolute Gasteiger partial charge is 0.508 e. The molecule has 3 rings (SSSR count). The number of rotatable bonds is 2. The molecule has 1 aromatic carbocycles. The topological polar surface area (TPSA) is 81.1 Å². The Balaban J connectivity index is 2.17. The summed E-state index contributed by atoms with van der Waals surface area (Å²) in [5, 5.41) is 18.1. The number of hydrogen-bond acceptors (Lipinski definition) is 5. The lowest BCUT2D eigenvalue weighted by Gasteiger charge is -2.02. The smallest absolute Gasteiger partial charge is 0.362 e. The molecule has 0 atom stereocenters. The van der Waals surface area contributed by atoms with Crippen molar-refractivity contribution in [2.24, 2.45) is 0 Å². The molecule has 2 aromatic heterocycles. The van der Waals surface area contributed by atoms with E-state index in [9.17, 15) is 9.90 Å². The van der Waals surface area contributed by atoms with E-state index in [2.05, 4.69) is 10.3 Å². The highest BCUT2D eigenvalue weighted by Crippen LogP contribution is 2.20. The maximum atomic E-state index is 12.0. The second kappa shape index (κ2) is 4.48. The standard InChI is InChI=1S/C14H13N3O3/c1-8(2)11-7-17(16-15-11)12-5-9-3-4-10(18)6-13(9)20-14(12)19/h3-8,18H,1-2H3. The van der Waals surface area contributed by atoms with Crippen molar-refractivity contribution < 1.29 is 9.52 Å². The zero-order valence-corrected chi connectivity index (χ0v) is 11.1. The summed E-state index contributed by atoms with van der Waals surface area (Å²) in [6, 6.07) is 6.28. The Morgan fingerprint density at radius 3 is 2.80 bits per heavy atom. The third-order valence-corrected chi connectivity index (χ3v) is 3.05. The van der Waals surface area contributed by atoms with E-state index in [1.165, 1.54) is 16.8 Å². The van der Waals surface area contributed by atoms with Crippen LogP contribution in [0, 0.1) is 0 Å². The minimum Gasteiger partial charge on any atom is -0.508 e. The number of fused-ring (bicyclic) bond motifs is 1. The summed E-state index contributed by atoms with van der Waals surface area (Å²) in [4.78, 5) is 12.0. The molecule has 0 amide bonds. The van der Waals surface area contributed by atoms with Crippen molar-refractivity contribution in [3.63, 3.8) is 0 Å². The first-order valence-corrected chi connectivity index (χ1v) is 6.24. The number of phenolic OH excluding ortho intramolecular Hbond substituents is 1.